The molecule has 0 atom stereocenters. The fraction of sp³-hybridized carbons (Fsp3) is 0.739. The minimum absolute atomic E-state index is 0.111. The van der Waals surface area contributed by atoms with Crippen LogP contribution in [0.15, 0.2) is 23.1 Å². The molecule has 4 heteroatoms. The summed E-state index contributed by atoms with van der Waals surface area (Å²) in [7, 11) is -4.13. The van der Waals surface area contributed by atoms with Crippen LogP contribution in [-0.2, 0) is 16.5 Å². The number of hydrogen-bond donors (Lipinski definition) is 1. The highest BCUT2D eigenvalue weighted by atomic mass is 32.2. The maximum atomic E-state index is 11.6. The van der Waals surface area contributed by atoms with E-state index in [2.05, 4.69) is 6.92 Å². The van der Waals surface area contributed by atoms with Crippen molar-refractivity contribution in [2.75, 3.05) is 0 Å². The Kier molecular flexibility index (Phi) is 12.7. The monoisotopic (exact) mass is 396 g/mol. The fourth-order valence-corrected chi connectivity index (χ4v) is 4.77. The Bertz CT molecular complexity index is 608. The van der Waals surface area contributed by atoms with Crippen molar-refractivity contribution in [2.24, 2.45) is 0 Å². The number of aryl methyl sites for hydroxylation is 2. The second-order valence-corrected chi connectivity index (χ2v) is 9.24. The van der Waals surface area contributed by atoms with Crippen LogP contribution in [0.5, 0.6) is 0 Å². The highest BCUT2D eigenvalue weighted by Gasteiger charge is 2.17. The van der Waals surface area contributed by atoms with E-state index >= 15 is 0 Å². The van der Waals surface area contributed by atoms with Crippen LogP contribution in [0.4, 0.5) is 0 Å². The van der Waals surface area contributed by atoms with E-state index in [4.69, 9.17) is 0 Å². The summed E-state index contributed by atoms with van der Waals surface area (Å²) in [4.78, 5) is 0.111. The predicted molar refractivity (Wildman–Crippen MR) is 115 cm³/mol. The molecule has 0 bridgehead atoms. The predicted octanol–water partition coefficient (Wildman–Crippen LogP) is 7.27. The Morgan fingerprint density at radius 3 is 1.63 bits per heavy atom. The van der Waals surface area contributed by atoms with Gasteiger partial charge in [0.2, 0.25) is 0 Å². The van der Waals surface area contributed by atoms with Crippen LogP contribution in [0.25, 0.3) is 0 Å². The topological polar surface area (TPSA) is 54.4 Å². The molecule has 0 aliphatic heterocycles. The van der Waals surface area contributed by atoms with E-state index in [9.17, 15) is 13.0 Å². The molecule has 3 nitrogen and oxygen atoms in total. The minimum Gasteiger partial charge on any atom is -0.282 e. The molecule has 1 rings (SSSR count). The van der Waals surface area contributed by atoms with E-state index in [-0.39, 0.29) is 4.90 Å². The first-order valence-electron chi connectivity index (χ1n) is 11.0. The van der Waals surface area contributed by atoms with Gasteiger partial charge in [-0.3, -0.25) is 4.55 Å². The van der Waals surface area contributed by atoms with E-state index in [0.29, 0.717) is 5.56 Å². The smallest absolute Gasteiger partial charge is 0.282 e. The Balaban J connectivity index is 2.05. The van der Waals surface area contributed by atoms with Gasteiger partial charge in [0.25, 0.3) is 10.1 Å². The quantitative estimate of drug-likeness (QED) is 0.236. The van der Waals surface area contributed by atoms with Crippen LogP contribution < -0.4 is 0 Å². The first kappa shape index (κ1) is 24.2. The third-order valence-corrected chi connectivity index (χ3v) is 6.45. The zero-order chi connectivity index (χ0) is 20.0. The van der Waals surface area contributed by atoms with Gasteiger partial charge in [0.1, 0.15) is 0 Å². The molecule has 0 aromatic heterocycles. The van der Waals surface area contributed by atoms with Crippen molar-refractivity contribution in [1.82, 2.24) is 0 Å². The fourth-order valence-electron chi connectivity index (χ4n) is 3.79. The number of hydrogen-bond acceptors (Lipinski definition) is 2. The van der Waals surface area contributed by atoms with Crippen LogP contribution >= 0.6 is 0 Å². The second-order valence-electron chi connectivity index (χ2n) is 7.88. The molecule has 0 fully saturated rings. The van der Waals surface area contributed by atoms with Gasteiger partial charge in [0.05, 0.1) is 4.90 Å². The first-order valence-corrected chi connectivity index (χ1v) is 12.5. The summed E-state index contributed by atoms with van der Waals surface area (Å²) in [5.41, 5.74) is 1.37. The molecule has 0 saturated heterocycles. The molecule has 1 aromatic carbocycles. The summed E-state index contributed by atoms with van der Waals surface area (Å²) < 4.78 is 32.6. The second kappa shape index (κ2) is 14.2. The lowest BCUT2D eigenvalue weighted by Crippen LogP contribution is -2.05. The Labute approximate surface area is 167 Å². The third-order valence-electron chi connectivity index (χ3n) is 5.35. The molecule has 0 saturated carbocycles. The zero-order valence-corrected chi connectivity index (χ0v) is 18.3. The van der Waals surface area contributed by atoms with Crippen molar-refractivity contribution >= 4 is 10.1 Å². The maximum Gasteiger partial charge on any atom is 0.295 e. The van der Waals surface area contributed by atoms with Gasteiger partial charge in [-0.25, -0.2) is 0 Å². The molecule has 0 heterocycles. The molecular weight excluding hydrogens is 356 g/mol. The average molecular weight is 397 g/mol. The van der Waals surface area contributed by atoms with Crippen LogP contribution in [-0.4, -0.2) is 13.0 Å². The maximum absolute atomic E-state index is 11.6. The van der Waals surface area contributed by atoms with Crippen molar-refractivity contribution < 1.29 is 13.0 Å². The van der Waals surface area contributed by atoms with Gasteiger partial charge in [-0.2, -0.15) is 8.42 Å². The third kappa shape index (κ3) is 10.9. The number of benzene rings is 1. The Morgan fingerprint density at radius 1 is 0.741 bits per heavy atom. The van der Waals surface area contributed by atoms with E-state index < -0.39 is 10.1 Å². The van der Waals surface area contributed by atoms with Crippen molar-refractivity contribution in [3.8, 4) is 0 Å². The summed E-state index contributed by atoms with van der Waals surface area (Å²) in [6, 6.07) is 5.42. The van der Waals surface area contributed by atoms with Crippen molar-refractivity contribution in [3.63, 3.8) is 0 Å². The van der Waals surface area contributed by atoms with Gasteiger partial charge in [-0.1, -0.05) is 109 Å². The summed E-state index contributed by atoms with van der Waals surface area (Å²) in [5.74, 6) is 0. The van der Waals surface area contributed by atoms with Crippen LogP contribution in [0, 0.1) is 6.92 Å². The SMILES string of the molecule is CCCCCCCCCCCCCCCCc1cccc(C)c1S(=O)(=O)O. The van der Waals surface area contributed by atoms with Crippen molar-refractivity contribution in [3.05, 3.63) is 29.3 Å². The average Bonchev–Trinajstić information content (AvgIpc) is 2.61. The largest absolute Gasteiger partial charge is 0.295 e. The van der Waals surface area contributed by atoms with Gasteiger partial charge in [0, 0.05) is 0 Å². The number of unbranched alkanes of at least 4 members (excludes halogenated alkanes) is 13. The van der Waals surface area contributed by atoms with E-state index in [0.717, 1.165) is 24.8 Å². The van der Waals surface area contributed by atoms with E-state index in [1.165, 1.54) is 77.0 Å². The van der Waals surface area contributed by atoms with E-state index in [1.807, 2.05) is 12.1 Å². The molecule has 0 unspecified atom stereocenters. The lowest BCUT2D eigenvalue weighted by atomic mass is 10.0. The Morgan fingerprint density at radius 2 is 1.19 bits per heavy atom. The molecule has 0 radical (unpaired) electrons. The van der Waals surface area contributed by atoms with Crippen molar-refractivity contribution in [2.45, 2.75) is 115 Å². The molecular formula is C23H40O3S. The van der Waals surface area contributed by atoms with Crippen LogP contribution in [0.1, 0.15) is 108 Å². The lowest BCUT2D eigenvalue weighted by Gasteiger charge is -2.10. The molecule has 0 aliphatic carbocycles. The molecule has 1 aromatic rings. The summed E-state index contributed by atoms with van der Waals surface area (Å²) in [5, 5.41) is 0. The summed E-state index contributed by atoms with van der Waals surface area (Å²) in [6.07, 6.45) is 19.1. The summed E-state index contributed by atoms with van der Waals surface area (Å²) >= 11 is 0. The standard InChI is InChI=1S/C23H40O3S/c1-3-4-5-6-7-8-9-10-11-12-13-14-15-16-19-22-20-17-18-21(2)23(22)27(24,25)26/h17-18,20H,3-16,19H2,1-2H3,(H,24,25,26). The molecule has 27 heavy (non-hydrogen) atoms. The Hall–Kier alpha value is -0.870. The lowest BCUT2D eigenvalue weighted by molar-refractivity contribution is 0.481. The molecule has 0 spiro atoms. The first-order chi connectivity index (χ1) is 13.0. The minimum atomic E-state index is -4.13. The zero-order valence-electron chi connectivity index (χ0n) is 17.5. The van der Waals surface area contributed by atoms with Gasteiger partial charge >= 0.3 is 0 Å². The van der Waals surface area contributed by atoms with Crippen LogP contribution in [0.2, 0.25) is 0 Å². The summed E-state index contributed by atoms with van der Waals surface area (Å²) in [6.45, 7) is 4.00. The molecule has 156 valence electrons. The highest BCUT2D eigenvalue weighted by Crippen LogP contribution is 2.22. The normalized spacial score (nSPS) is 11.8. The number of rotatable bonds is 16. The van der Waals surface area contributed by atoms with Gasteiger partial charge in [-0.15, -0.1) is 0 Å². The highest BCUT2D eigenvalue weighted by molar-refractivity contribution is 7.86. The van der Waals surface area contributed by atoms with E-state index in [1.54, 1.807) is 13.0 Å². The molecule has 0 aliphatic rings. The van der Waals surface area contributed by atoms with Crippen molar-refractivity contribution in [1.29, 1.82) is 0 Å². The van der Waals surface area contributed by atoms with Crippen LogP contribution in [0.3, 0.4) is 0 Å². The molecule has 1 N–H and O–H groups in total. The molecule has 0 amide bonds. The van der Waals surface area contributed by atoms with Gasteiger partial charge < -0.3 is 0 Å². The van der Waals surface area contributed by atoms with Gasteiger partial charge in [-0.05, 0) is 30.9 Å². The van der Waals surface area contributed by atoms with Gasteiger partial charge in [0.15, 0.2) is 0 Å².